The van der Waals surface area contributed by atoms with E-state index in [1.807, 2.05) is 4.90 Å². The first-order valence-corrected chi connectivity index (χ1v) is 10.4. The Kier molecular flexibility index (Phi) is 7.50. The van der Waals surface area contributed by atoms with Gasteiger partial charge in [-0.15, -0.1) is 0 Å². The van der Waals surface area contributed by atoms with Crippen LogP contribution >= 0.6 is 0 Å². The van der Waals surface area contributed by atoms with Gasteiger partial charge in [0.2, 0.25) is 11.8 Å². The molecule has 9 heteroatoms. The highest BCUT2D eigenvalue weighted by molar-refractivity contribution is 5.89. The highest BCUT2D eigenvalue weighted by atomic mass is 16.6. The zero-order valence-electron chi connectivity index (χ0n) is 18.8. The minimum absolute atomic E-state index is 0.145. The lowest BCUT2D eigenvalue weighted by molar-refractivity contribution is -0.140. The van der Waals surface area contributed by atoms with Crippen LogP contribution in [0, 0.1) is 0 Å². The van der Waals surface area contributed by atoms with E-state index in [0.717, 1.165) is 26.2 Å². The predicted octanol–water partition coefficient (Wildman–Crippen LogP) is 0.208. The number of amides is 3. The second-order valence-corrected chi connectivity index (χ2v) is 9.50. The summed E-state index contributed by atoms with van der Waals surface area (Å²) in [5.41, 5.74) is -1.68. The van der Waals surface area contributed by atoms with E-state index in [2.05, 4.69) is 22.2 Å². The summed E-state index contributed by atoms with van der Waals surface area (Å²) >= 11 is 0. The van der Waals surface area contributed by atoms with Crippen molar-refractivity contribution in [2.24, 2.45) is 0 Å². The molecule has 2 aliphatic rings. The fourth-order valence-electron chi connectivity index (χ4n) is 3.46. The Labute approximate surface area is 174 Å². The van der Waals surface area contributed by atoms with E-state index in [1.54, 1.807) is 39.5 Å². The molecular weight excluding hydrogens is 374 g/mol. The molecule has 0 spiro atoms. The van der Waals surface area contributed by atoms with Crippen LogP contribution in [0.15, 0.2) is 0 Å². The van der Waals surface area contributed by atoms with E-state index in [9.17, 15) is 14.4 Å². The SMILES string of the molecule is CN1CCN(C(=O)CN2CCN(C(=O)C(C)(C)NC(=O)OC(C)(C)C)CC2)CC1. The molecule has 0 aliphatic carbocycles. The van der Waals surface area contributed by atoms with Gasteiger partial charge in [0.1, 0.15) is 11.1 Å². The van der Waals surface area contributed by atoms with E-state index in [1.165, 1.54) is 0 Å². The maximum Gasteiger partial charge on any atom is 0.408 e. The number of hydrogen-bond acceptors (Lipinski definition) is 6. The second kappa shape index (κ2) is 9.30. The summed E-state index contributed by atoms with van der Waals surface area (Å²) in [5.74, 6) is 0.0122. The lowest BCUT2D eigenvalue weighted by Gasteiger charge is -2.39. The fourth-order valence-corrected chi connectivity index (χ4v) is 3.46. The van der Waals surface area contributed by atoms with Gasteiger partial charge in [0.15, 0.2) is 0 Å². The number of carbonyl (C=O) groups is 3. The number of carbonyl (C=O) groups excluding carboxylic acids is 3. The third kappa shape index (κ3) is 7.15. The molecule has 9 nitrogen and oxygen atoms in total. The van der Waals surface area contributed by atoms with Gasteiger partial charge in [-0.2, -0.15) is 0 Å². The molecule has 3 amide bonds. The van der Waals surface area contributed by atoms with Crippen molar-refractivity contribution in [2.75, 3.05) is 66.0 Å². The molecule has 2 saturated heterocycles. The number of alkyl carbamates (subject to hydrolysis) is 1. The van der Waals surface area contributed by atoms with E-state index in [-0.39, 0.29) is 11.8 Å². The summed E-state index contributed by atoms with van der Waals surface area (Å²) in [6.07, 6.45) is -0.604. The van der Waals surface area contributed by atoms with Crippen LogP contribution in [0.1, 0.15) is 34.6 Å². The standard InChI is InChI=1S/C20H37N5O4/c1-19(2,3)29-18(28)21-20(4,5)17(27)25-13-9-23(10-14-25)15-16(26)24-11-7-22(6)8-12-24/h7-15H2,1-6H3,(H,21,28). The monoisotopic (exact) mass is 411 g/mol. The quantitative estimate of drug-likeness (QED) is 0.712. The maximum absolute atomic E-state index is 12.9. The van der Waals surface area contributed by atoms with Gasteiger partial charge in [-0.25, -0.2) is 4.79 Å². The van der Waals surface area contributed by atoms with Gasteiger partial charge >= 0.3 is 6.09 Å². The molecule has 0 atom stereocenters. The number of piperazine rings is 2. The number of ether oxygens (including phenoxy) is 1. The van der Waals surface area contributed by atoms with Crippen LogP contribution < -0.4 is 5.32 Å². The fraction of sp³-hybridized carbons (Fsp3) is 0.850. The summed E-state index contributed by atoms with van der Waals surface area (Å²) in [7, 11) is 2.07. The van der Waals surface area contributed by atoms with Crippen LogP contribution in [0.3, 0.4) is 0 Å². The van der Waals surface area contributed by atoms with E-state index in [0.29, 0.717) is 32.7 Å². The average molecular weight is 412 g/mol. The molecule has 166 valence electrons. The van der Waals surface area contributed by atoms with E-state index in [4.69, 9.17) is 4.74 Å². The van der Waals surface area contributed by atoms with Crippen molar-refractivity contribution in [1.29, 1.82) is 0 Å². The molecule has 0 aromatic carbocycles. The van der Waals surface area contributed by atoms with Crippen molar-refractivity contribution >= 4 is 17.9 Å². The Balaban J connectivity index is 1.79. The van der Waals surface area contributed by atoms with Crippen LogP contribution in [-0.2, 0) is 14.3 Å². The van der Waals surface area contributed by atoms with Crippen molar-refractivity contribution in [1.82, 2.24) is 24.9 Å². The highest BCUT2D eigenvalue weighted by Crippen LogP contribution is 2.14. The third-order valence-corrected chi connectivity index (χ3v) is 5.22. The van der Waals surface area contributed by atoms with Crippen LogP contribution in [-0.4, -0.2) is 115 Å². The predicted molar refractivity (Wildman–Crippen MR) is 111 cm³/mol. The van der Waals surface area contributed by atoms with Gasteiger partial charge in [-0.3, -0.25) is 14.5 Å². The Morgan fingerprint density at radius 3 is 1.86 bits per heavy atom. The largest absolute Gasteiger partial charge is 0.444 e. The molecule has 0 unspecified atom stereocenters. The van der Waals surface area contributed by atoms with Crippen molar-refractivity contribution < 1.29 is 19.1 Å². The van der Waals surface area contributed by atoms with E-state index < -0.39 is 17.2 Å². The zero-order valence-corrected chi connectivity index (χ0v) is 18.8. The zero-order chi connectivity index (χ0) is 21.8. The number of nitrogens with zero attached hydrogens (tertiary/aromatic N) is 4. The van der Waals surface area contributed by atoms with Gasteiger partial charge in [-0.1, -0.05) is 0 Å². The van der Waals surface area contributed by atoms with Crippen molar-refractivity contribution in [3.63, 3.8) is 0 Å². The number of likely N-dealkylation sites (N-methyl/N-ethyl adjacent to an activating group) is 1. The lowest BCUT2D eigenvalue weighted by Crippen LogP contribution is -2.60. The molecule has 0 aromatic heterocycles. The van der Waals surface area contributed by atoms with Crippen LogP contribution in [0.2, 0.25) is 0 Å². The Morgan fingerprint density at radius 1 is 0.828 bits per heavy atom. The molecule has 2 aliphatic heterocycles. The maximum atomic E-state index is 12.9. The molecule has 2 heterocycles. The van der Waals surface area contributed by atoms with Gasteiger partial charge < -0.3 is 24.8 Å². The molecule has 0 saturated carbocycles. The van der Waals surface area contributed by atoms with Crippen LogP contribution in [0.25, 0.3) is 0 Å². The molecular formula is C20H37N5O4. The van der Waals surface area contributed by atoms with Crippen LogP contribution in [0.5, 0.6) is 0 Å². The summed E-state index contributed by atoms with van der Waals surface area (Å²) in [5, 5.41) is 2.67. The minimum atomic E-state index is -1.06. The van der Waals surface area contributed by atoms with Gasteiger partial charge in [0, 0.05) is 52.4 Å². The molecule has 0 bridgehead atoms. The van der Waals surface area contributed by atoms with Gasteiger partial charge in [0.05, 0.1) is 6.54 Å². The lowest BCUT2D eigenvalue weighted by atomic mass is 10.0. The number of nitrogens with one attached hydrogen (secondary N) is 1. The highest BCUT2D eigenvalue weighted by Gasteiger charge is 2.36. The Hall–Kier alpha value is -1.87. The van der Waals surface area contributed by atoms with Crippen molar-refractivity contribution in [3.05, 3.63) is 0 Å². The summed E-state index contributed by atoms with van der Waals surface area (Å²) < 4.78 is 5.26. The normalized spacial score (nSPS) is 19.8. The number of rotatable bonds is 4. The first-order chi connectivity index (χ1) is 13.4. The average Bonchev–Trinajstić information content (AvgIpc) is 2.60. The topological polar surface area (TPSA) is 85.4 Å². The summed E-state index contributed by atoms with van der Waals surface area (Å²) in [6, 6.07) is 0. The molecule has 2 rings (SSSR count). The molecule has 2 fully saturated rings. The molecule has 0 radical (unpaired) electrons. The Bertz CT molecular complexity index is 600. The Morgan fingerprint density at radius 2 is 1.34 bits per heavy atom. The van der Waals surface area contributed by atoms with E-state index >= 15 is 0 Å². The summed E-state index contributed by atoms with van der Waals surface area (Å²) in [4.78, 5) is 45.4. The van der Waals surface area contributed by atoms with Crippen molar-refractivity contribution in [3.8, 4) is 0 Å². The first kappa shape index (κ1) is 23.4. The third-order valence-electron chi connectivity index (χ3n) is 5.22. The first-order valence-electron chi connectivity index (χ1n) is 10.4. The van der Waals surface area contributed by atoms with Crippen LogP contribution in [0.4, 0.5) is 4.79 Å². The van der Waals surface area contributed by atoms with Gasteiger partial charge in [-0.05, 0) is 41.7 Å². The molecule has 29 heavy (non-hydrogen) atoms. The summed E-state index contributed by atoms with van der Waals surface area (Å²) in [6.45, 7) is 14.8. The minimum Gasteiger partial charge on any atom is -0.444 e. The smallest absolute Gasteiger partial charge is 0.408 e. The van der Waals surface area contributed by atoms with Gasteiger partial charge in [0.25, 0.3) is 0 Å². The second-order valence-electron chi connectivity index (χ2n) is 9.50. The molecule has 0 aromatic rings. The number of hydrogen-bond donors (Lipinski definition) is 1. The van der Waals surface area contributed by atoms with Crippen molar-refractivity contribution in [2.45, 2.75) is 45.8 Å². The molecule has 1 N–H and O–H groups in total.